The molecule has 0 atom stereocenters. The summed E-state index contributed by atoms with van der Waals surface area (Å²) >= 11 is 0. The Morgan fingerprint density at radius 3 is 2.00 bits per heavy atom. The SMILES string of the molecule is CCC(C=O)(CC)CN1CCCCCC1. The predicted molar refractivity (Wildman–Crippen MR) is 64.0 cm³/mol. The van der Waals surface area contributed by atoms with E-state index in [4.69, 9.17) is 0 Å². The summed E-state index contributed by atoms with van der Waals surface area (Å²) < 4.78 is 0. The molecule has 88 valence electrons. The van der Waals surface area contributed by atoms with Crippen LogP contribution in [0.2, 0.25) is 0 Å². The van der Waals surface area contributed by atoms with Crippen LogP contribution in [0.5, 0.6) is 0 Å². The first-order valence-electron chi connectivity index (χ1n) is 6.45. The van der Waals surface area contributed by atoms with Gasteiger partial charge in [0, 0.05) is 12.0 Å². The van der Waals surface area contributed by atoms with Gasteiger partial charge in [0.15, 0.2) is 0 Å². The lowest BCUT2D eigenvalue weighted by atomic mass is 9.83. The van der Waals surface area contributed by atoms with Gasteiger partial charge in [0.2, 0.25) is 0 Å². The van der Waals surface area contributed by atoms with Crippen molar-refractivity contribution >= 4 is 6.29 Å². The molecule has 0 aromatic rings. The van der Waals surface area contributed by atoms with Gasteiger partial charge in [-0.2, -0.15) is 0 Å². The van der Waals surface area contributed by atoms with E-state index in [0.29, 0.717) is 0 Å². The van der Waals surface area contributed by atoms with Gasteiger partial charge >= 0.3 is 0 Å². The van der Waals surface area contributed by atoms with Gasteiger partial charge in [-0.15, -0.1) is 0 Å². The van der Waals surface area contributed by atoms with Gasteiger partial charge in [-0.25, -0.2) is 0 Å². The number of aldehydes is 1. The number of carbonyl (C=O) groups is 1. The van der Waals surface area contributed by atoms with Crippen LogP contribution in [-0.4, -0.2) is 30.8 Å². The molecule has 1 heterocycles. The largest absolute Gasteiger partial charge is 0.303 e. The highest BCUT2D eigenvalue weighted by atomic mass is 16.1. The summed E-state index contributed by atoms with van der Waals surface area (Å²) in [6, 6.07) is 0. The van der Waals surface area contributed by atoms with Crippen molar-refractivity contribution in [3.8, 4) is 0 Å². The fourth-order valence-corrected chi connectivity index (χ4v) is 2.42. The summed E-state index contributed by atoms with van der Waals surface area (Å²) in [6.45, 7) is 7.63. The normalized spacial score (nSPS) is 19.9. The number of hydrogen-bond acceptors (Lipinski definition) is 2. The van der Waals surface area contributed by atoms with Gasteiger partial charge in [-0.1, -0.05) is 26.7 Å². The molecule has 0 radical (unpaired) electrons. The molecule has 0 bridgehead atoms. The number of hydrogen-bond donors (Lipinski definition) is 0. The Balaban J connectivity index is 2.51. The Labute approximate surface area is 94.0 Å². The minimum absolute atomic E-state index is 0.0790. The zero-order valence-electron chi connectivity index (χ0n) is 10.3. The molecule has 2 heteroatoms. The smallest absolute Gasteiger partial charge is 0.127 e. The Kier molecular flexibility index (Phi) is 5.30. The van der Waals surface area contributed by atoms with Crippen molar-refractivity contribution in [2.24, 2.45) is 5.41 Å². The first-order valence-corrected chi connectivity index (χ1v) is 6.45. The lowest BCUT2D eigenvalue weighted by Gasteiger charge is -2.32. The van der Waals surface area contributed by atoms with Crippen LogP contribution in [0.15, 0.2) is 0 Å². The molecule has 0 aliphatic carbocycles. The molecule has 0 amide bonds. The molecule has 2 nitrogen and oxygen atoms in total. The van der Waals surface area contributed by atoms with Crippen LogP contribution < -0.4 is 0 Å². The Morgan fingerprint density at radius 2 is 1.60 bits per heavy atom. The van der Waals surface area contributed by atoms with Crippen molar-refractivity contribution in [1.82, 2.24) is 4.90 Å². The zero-order valence-corrected chi connectivity index (χ0v) is 10.3. The van der Waals surface area contributed by atoms with Crippen LogP contribution in [0.3, 0.4) is 0 Å². The standard InChI is InChI=1S/C13H25NO/c1-3-13(4-2,12-15)11-14-9-7-5-6-8-10-14/h12H,3-11H2,1-2H3. The summed E-state index contributed by atoms with van der Waals surface area (Å²) in [5, 5.41) is 0. The van der Waals surface area contributed by atoms with E-state index in [0.717, 1.165) is 19.4 Å². The Morgan fingerprint density at radius 1 is 1.07 bits per heavy atom. The topological polar surface area (TPSA) is 20.3 Å². The van der Waals surface area contributed by atoms with Gasteiger partial charge in [0.25, 0.3) is 0 Å². The molecule has 0 spiro atoms. The van der Waals surface area contributed by atoms with E-state index in [1.165, 1.54) is 45.1 Å². The number of rotatable bonds is 5. The van der Waals surface area contributed by atoms with Crippen LogP contribution >= 0.6 is 0 Å². The van der Waals surface area contributed by atoms with E-state index in [2.05, 4.69) is 18.7 Å². The second-order valence-electron chi connectivity index (χ2n) is 4.88. The molecule has 1 saturated heterocycles. The van der Waals surface area contributed by atoms with Crippen molar-refractivity contribution < 1.29 is 4.79 Å². The molecule has 1 aliphatic rings. The van der Waals surface area contributed by atoms with E-state index < -0.39 is 0 Å². The van der Waals surface area contributed by atoms with E-state index in [1.54, 1.807) is 0 Å². The molecule has 1 rings (SSSR count). The first kappa shape index (κ1) is 12.7. The summed E-state index contributed by atoms with van der Waals surface area (Å²) in [5.74, 6) is 0. The minimum atomic E-state index is -0.0790. The van der Waals surface area contributed by atoms with Crippen molar-refractivity contribution in [1.29, 1.82) is 0 Å². The Bertz CT molecular complexity index is 179. The maximum atomic E-state index is 11.2. The second-order valence-corrected chi connectivity index (χ2v) is 4.88. The molecule has 0 N–H and O–H groups in total. The van der Waals surface area contributed by atoms with E-state index in [9.17, 15) is 4.79 Å². The summed E-state index contributed by atoms with van der Waals surface area (Å²) in [7, 11) is 0. The molecular formula is C13H25NO. The number of likely N-dealkylation sites (tertiary alicyclic amines) is 1. The van der Waals surface area contributed by atoms with Gasteiger partial charge in [-0.05, 0) is 38.8 Å². The van der Waals surface area contributed by atoms with Crippen LogP contribution in [0.4, 0.5) is 0 Å². The predicted octanol–water partition coefficient (Wildman–Crippen LogP) is 2.87. The molecule has 0 saturated carbocycles. The van der Waals surface area contributed by atoms with Crippen LogP contribution in [0, 0.1) is 5.41 Å². The molecule has 0 aromatic heterocycles. The maximum absolute atomic E-state index is 11.2. The van der Waals surface area contributed by atoms with Crippen molar-refractivity contribution in [3.63, 3.8) is 0 Å². The maximum Gasteiger partial charge on any atom is 0.127 e. The zero-order chi connectivity index (χ0) is 11.1. The summed E-state index contributed by atoms with van der Waals surface area (Å²) in [4.78, 5) is 13.7. The van der Waals surface area contributed by atoms with Gasteiger partial charge in [-0.3, -0.25) is 0 Å². The van der Waals surface area contributed by atoms with E-state index in [1.807, 2.05) is 0 Å². The highest BCUT2D eigenvalue weighted by molar-refractivity contribution is 5.59. The third-order valence-electron chi connectivity index (χ3n) is 3.90. The van der Waals surface area contributed by atoms with Crippen molar-refractivity contribution in [2.75, 3.05) is 19.6 Å². The van der Waals surface area contributed by atoms with Crippen LogP contribution in [-0.2, 0) is 4.79 Å². The number of carbonyl (C=O) groups excluding carboxylic acids is 1. The summed E-state index contributed by atoms with van der Waals surface area (Å²) in [5.41, 5.74) is -0.0790. The fourth-order valence-electron chi connectivity index (χ4n) is 2.42. The molecule has 0 unspecified atom stereocenters. The quantitative estimate of drug-likeness (QED) is 0.652. The average molecular weight is 211 g/mol. The monoisotopic (exact) mass is 211 g/mol. The minimum Gasteiger partial charge on any atom is -0.303 e. The van der Waals surface area contributed by atoms with Crippen molar-refractivity contribution in [3.05, 3.63) is 0 Å². The van der Waals surface area contributed by atoms with E-state index in [-0.39, 0.29) is 5.41 Å². The third kappa shape index (κ3) is 3.60. The van der Waals surface area contributed by atoms with Crippen LogP contribution in [0.25, 0.3) is 0 Å². The van der Waals surface area contributed by atoms with E-state index >= 15 is 0 Å². The highest BCUT2D eigenvalue weighted by Gasteiger charge is 2.28. The third-order valence-corrected chi connectivity index (χ3v) is 3.90. The molecule has 1 fully saturated rings. The Hall–Kier alpha value is -0.370. The second kappa shape index (κ2) is 6.26. The van der Waals surface area contributed by atoms with Crippen molar-refractivity contribution in [2.45, 2.75) is 52.4 Å². The van der Waals surface area contributed by atoms with Gasteiger partial charge < -0.3 is 9.69 Å². The number of nitrogens with zero attached hydrogens (tertiary/aromatic N) is 1. The first-order chi connectivity index (χ1) is 7.26. The van der Waals surface area contributed by atoms with Gasteiger partial charge in [0.05, 0.1) is 0 Å². The lowest BCUT2D eigenvalue weighted by Crippen LogP contribution is -2.38. The molecule has 1 aliphatic heterocycles. The molecule has 0 aromatic carbocycles. The average Bonchev–Trinajstić information content (AvgIpc) is 2.54. The van der Waals surface area contributed by atoms with Crippen LogP contribution in [0.1, 0.15) is 52.4 Å². The summed E-state index contributed by atoms with van der Waals surface area (Å²) in [6.07, 6.45) is 8.49. The highest BCUT2D eigenvalue weighted by Crippen LogP contribution is 2.26. The fraction of sp³-hybridized carbons (Fsp3) is 0.923. The lowest BCUT2D eigenvalue weighted by molar-refractivity contribution is -0.117. The molecular weight excluding hydrogens is 186 g/mol. The molecule has 15 heavy (non-hydrogen) atoms. The van der Waals surface area contributed by atoms with Gasteiger partial charge in [0.1, 0.15) is 6.29 Å².